The van der Waals surface area contributed by atoms with Gasteiger partial charge in [-0.15, -0.1) is 12.4 Å². The van der Waals surface area contributed by atoms with Crippen molar-refractivity contribution in [1.29, 1.82) is 0 Å². The molecule has 19 heavy (non-hydrogen) atoms. The van der Waals surface area contributed by atoms with E-state index < -0.39 is 0 Å². The molecule has 2 rings (SSSR count). The van der Waals surface area contributed by atoms with Crippen LogP contribution in [0.15, 0.2) is 18.2 Å². The second kappa shape index (κ2) is 6.75. The number of nitrogen functional groups attached to an aromatic ring is 1. The summed E-state index contributed by atoms with van der Waals surface area (Å²) in [6, 6.07) is 5.32. The van der Waals surface area contributed by atoms with E-state index in [9.17, 15) is 4.79 Å². The number of anilines is 1. The first-order chi connectivity index (χ1) is 8.61. The summed E-state index contributed by atoms with van der Waals surface area (Å²) in [5.74, 6) is -0.0541. The monoisotopic (exact) mass is 286 g/mol. The molecule has 3 N–H and O–H groups in total. The number of aliphatic hydroxyl groups is 1. The highest BCUT2D eigenvalue weighted by molar-refractivity contribution is 5.96. The van der Waals surface area contributed by atoms with Crippen molar-refractivity contribution in [3.05, 3.63) is 29.3 Å². The Balaban J connectivity index is 0.00000180. The van der Waals surface area contributed by atoms with Gasteiger partial charge >= 0.3 is 0 Å². The molecule has 0 radical (unpaired) electrons. The van der Waals surface area contributed by atoms with Gasteiger partial charge < -0.3 is 20.5 Å². The SMILES string of the molecule is Cc1ccc(N)cc1C(=O)N1CCOC(CO)C1.Cl. The molecule has 0 saturated carbocycles. The summed E-state index contributed by atoms with van der Waals surface area (Å²) < 4.78 is 5.33. The van der Waals surface area contributed by atoms with Crippen LogP contribution in [-0.2, 0) is 4.74 Å². The summed E-state index contributed by atoms with van der Waals surface area (Å²) in [7, 11) is 0. The lowest BCUT2D eigenvalue weighted by Crippen LogP contribution is -2.47. The lowest BCUT2D eigenvalue weighted by atomic mass is 10.1. The highest BCUT2D eigenvalue weighted by Gasteiger charge is 2.25. The Morgan fingerprint density at radius 3 is 3.00 bits per heavy atom. The van der Waals surface area contributed by atoms with Gasteiger partial charge in [-0.2, -0.15) is 0 Å². The van der Waals surface area contributed by atoms with Crippen LogP contribution < -0.4 is 5.73 Å². The van der Waals surface area contributed by atoms with E-state index in [4.69, 9.17) is 15.6 Å². The highest BCUT2D eigenvalue weighted by Crippen LogP contribution is 2.17. The smallest absolute Gasteiger partial charge is 0.254 e. The zero-order chi connectivity index (χ0) is 13.1. The van der Waals surface area contributed by atoms with Gasteiger partial charge in [-0.25, -0.2) is 0 Å². The maximum atomic E-state index is 12.4. The van der Waals surface area contributed by atoms with E-state index in [1.807, 2.05) is 13.0 Å². The topological polar surface area (TPSA) is 75.8 Å². The van der Waals surface area contributed by atoms with E-state index in [-0.39, 0.29) is 31.0 Å². The van der Waals surface area contributed by atoms with E-state index in [0.29, 0.717) is 30.9 Å². The third-order valence-corrected chi connectivity index (χ3v) is 3.12. The number of amides is 1. The van der Waals surface area contributed by atoms with E-state index in [1.54, 1.807) is 17.0 Å². The Kier molecular flexibility index (Phi) is 5.60. The molecular weight excluding hydrogens is 268 g/mol. The number of morpholine rings is 1. The molecule has 106 valence electrons. The maximum Gasteiger partial charge on any atom is 0.254 e. The fraction of sp³-hybridized carbons (Fsp3) is 0.462. The van der Waals surface area contributed by atoms with Crippen molar-refractivity contribution < 1.29 is 14.6 Å². The van der Waals surface area contributed by atoms with Gasteiger partial charge in [0.1, 0.15) is 0 Å². The lowest BCUT2D eigenvalue weighted by Gasteiger charge is -2.32. The van der Waals surface area contributed by atoms with Gasteiger partial charge in [-0.1, -0.05) is 6.07 Å². The largest absolute Gasteiger partial charge is 0.399 e. The van der Waals surface area contributed by atoms with Gasteiger partial charge in [-0.05, 0) is 24.6 Å². The molecule has 0 bridgehead atoms. The third-order valence-electron chi connectivity index (χ3n) is 3.12. The van der Waals surface area contributed by atoms with Gasteiger partial charge in [-0.3, -0.25) is 4.79 Å². The van der Waals surface area contributed by atoms with Gasteiger partial charge in [0.05, 0.1) is 19.3 Å². The molecule has 1 saturated heterocycles. The summed E-state index contributed by atoms with van der Waals surface area (Å²) in [6.45, 7) is 3.24. The van der Waals surface area contributed by atoms with Crippen molar-refractivity contribution in [3.8, 4) is 0 Å². The van der Waals surface area contributed by atoms with Gasteiger partial charge in [0, 0.05) is 24.3 Å². The van der Waals surface area contributed by atoms with Crippen molar-refractivity contribution in [2.45, 2.75) is 13.0 Å². The molecule has 1 atom stereocenters. The van der Waals surface area contributed by atoms with Crippen molar-refractivity contribution in [2.24, 2.45) is 0 Å². The number of ether oxygens (including phenoxy) is 1. The Morgan fingerprint density at radius 2 is 2.32 bits per heavy atom. The van der Waals surface area contributed by atoms with Crippen LogP contribution in [0.5, 0.6) is 0 Å². The number of benzene rings is 1. The second-order valence-corrected chi connectivity index (χ2v) is 4.50. The molecule has 5 nitrogen and oxygen atoms in total. The molecule has 1 unspecified atom stereocenters. The van der Waals surface area contributed by atoms with Crippen LogP contribution in [0.4, 0.5) is 5.69 Å². The number of carbonyl (C=O) groups excluding carboxylic acids is 1. The molecule has 1 fully saturated rings. The van der Waals surface area contributed by atoms with Crippen molar-refractivity contribution in [3.63, 3.8) is 0 Å². The summed E-state index contributed by atoms with van der Waals surface area (Å²) >= 11 is 0. The van der Waals surface area contributed by atoms with Crippen LogP contribution >= 0.6 is 12.4 Å². The van der Waals surface area contributed by atoms with Crippen LogP contribution in [-0.4, -0.2) is 48.3 Å². The summed E-state index contributed by atoms with van der Waals surface area (Å²) in [5.41, 5.74) is 7.82. The number of hydrogen-bond donors (Lipinski definition) is 2. The fourth-order valence-corrected chi connectivity index (χ4v) is 2.05. The number of nitrogens with zero attached hydrogens (tertiary/aromatic N) is 1. The van der Waals surface area contributed by atoms with Gasteiger partial charge in [0.15, 0.2) is 0 Å². The average Bonchev–Trinajstić information content (AvgIpc) is 2.41. The zero-order valence-electron chi connectivity index (χ0n) is 10.8. The lowest BCUT2D eigenvalue weighted by molar-refractivity contribution is -0.0447. The number of aliphatic hydroxyl groups excluding tert-OH is 1. The summed E-state index contributed by atoms with van der Waals surface area (Å²) in [4.78, 5) is 14.1. The Morgan fingerprint density at radius 1 is 1.58 bits per heavy atom. The van der Waals surface area contributed by atoms with Crippen molar-refractivity contribution in [2.75, 3.05) is 32.0 Å². The molecule has 1 amide bonds. The molecule has 1 aromatic rings. The van der Waals surface area contributed by atoms with Gasteiger partial charge in [0.25, 0.3) is 5.91 Å². The standard InChI is InChI=1S/C13H18N2O3.ClH/c1-9-2-3-10(14)6-12(9)13(17)15-4-5-18-11(7-15)8-16;/h2-3,6,11,16H,4-5,7-8,14H2,1H3;1H. The molecule has 0 spiro atoms. The quantitative estimate of drug-likeness (QED) is 0.790. The molecule has 1 aromatic carbocycles. The number of halogens is 1. The molecule has 0 aromatic heterocycles. The van der Waals surface area contributed by atoms with Crippen LogP contribution in [0.2, 0.25) is 0 Å². The molecule has 1 aliphatic heterocycles. The predicted octanol–water partition coefficient (Wildman–Crippen LogP) is 0.832. The van der Waals surface area contributed by atoms with Crippen molar-refractivity contribution >= 4 is 24.0 Å². The average molecular weight is 287 g/mol. The number of nitrogens with two attached hydrogens (primary N) is 1. The van der Waals surface area contributed by atoms with Crippen LogP contribution in [0.25, 0.3) is 0 Å². The normalized spacial score (nSPS) is 18.8. The first kappa shape index (κ1) is 15.8. The molecular formula is C13H19ClN2O3. The number of rotatable bonds is 2. The minimum atomic E-state index is -0.288. The number of carbonyl (C=O) groups is 1. The van der Waals surface area contributed by atoms with E-state index in [0.717, 1.165) is 5.56 Å². The highest BCUT2D eigenvalue weighted by atomic mass is 35.5. The second-order valence-electron chi connectivity index (χ2n) is 4.50. The van der Waals surface area contributed by atoms with Crippen LogP contribution in [0.1, 0.15) is 15.9 Å². The first-order valence-electron chi connectivity index (χ1n) is 5.99. The minimum Gasteiger partial charge on any atom is -0.399 e. The van der Waals surface area contributed by atoms with Gasteiger partial charge in [0.2, 0.25) is 0 Å². The van der Waals surface area contributed by atoms with Crippen LogP contribution in [0.3, 0.4) is 0 Å². The van der Waals surface area contributed by atoms with E-state index in [1.165, 1.54) is 0 Å². The van der Waals surface area contributed by atoms with E-state index >= 15 is 0 Å². The molecule has 1 aliphatic rings. The molecule has 0 aliphatic carbocycles. The van der Waals surface area contributed by atoms with E-state index in [2.05, 4.69) is 0 Å². The Bertz CT molecular complexity index is 454. The maximum absolute atomic E-state index is 12.4. The van der Waals surface area contributed by atoms with Crippen molar-refractivity contribution in [1.82, 2.24) is 4.90 Å². The number of hydrogen-bond acceptors (Lipinski definition) is 4. The third kappa shape index (κ3) is 3.59. The minimum absolute atomic E-state index is 0. The summed E-state index contributed by atoms with van der Waals surface area (Å²) in [6.07, 6.45) is -0.288. The van der Waals surface area contributed by atoms with Crippen LogP contribution in [0, 0.1) is 6.92 Å². The molecule has 1 heterocycles. The fourth-order valence-electron chi connectivity index (χ4n) is 2.05. The first-order valence-corrected chi connectivity index (χ1v) is 5.99. The Labute approximate surface area is 118 Å². The molecule has 6 heteroatoms. The predicted molar refractivity (Wildman–Crippen MR) is 75.6 cm³/mol. The summed E-state index contributed by atoms with van der Waals surface area (Å²) in [5, 5.41) is 9.08. The zero-order valence-corrected chi connectivity index (χ0v) is 11.7. The number of aryl methyl sites for hydroxylation is 1. The Hall–Kier alpha value is -1.30.